The summed E-state index contributed by atoms with van der Waals surface area (Å²) in [6, 6.07) is 13.6. The molecule has 2 aliphatic heterocycles. The lowest BCUT2D eigenvalue weighted by Gasteiger charge is -2.66. The van der Waals surface area contributed by atoms with E-state index in [2.05, 4.69) is 0 Å². The van der Waals surface area contributed by atoms with Crippen molar-refractivity contribution in [2.45, 2.75) is 68.0 Å². The van der Waals surface area contributed by atoms with Crippen LogP contribution in [0, 0.1) is 11.3 Å². The zero-order valence-corrected chi connectivity index (χ0v) is 24.0. The summed E-state index contributed by atoms with van der Waals surface area (Å²) >= 11 is 0. The van der Waals surface area contributed by atoms with Gasteiger partial charge in [-0.1, -0.05) is 18.2 Å². The van der Waals surface area contributed by atoms with Crippen molar-refractivity contribution in [1.82, 2.24) is 0 Å². The molecule has 2 heterocycles. The van der Waals surface area contributed by atoms with Gasteiger partial charge in [-0.25, -0.2) is 9.59 Å². The van der Waals surface area contributed by atoms with Gasteiger partial charge < -0.3 is 48.8 Å². The van der Waals surface area contributed by atoms with Gasteiger partial charge in [0.15, 0.2) is 12.6 Å². The predicted octanol–water partition coefficient (Wildman–Crippen LogP) is 0.709. The van der Waals surface area contributed by atoms with Crippen LogP contribution in [0.1, 0.15) is 40.5 Å². The molecule has 13 heteroatoms. The van der Waals surface area contributed by atoms with E-state index in [4.69, 9.17) is 28.4 Å². The number of aliphatic hydroxyl groups excluding tert-OH is 3. The molecule has 5 aliphatic rings. The van der Waals surface area contributed by atoms with Gasteiger partial charge in [0, 0.05) is 19.4 Å². The molecule has 3 aliphatic carbocycles. The second-order valence-electron chi connectivity index (χ2n) is 11.9. The quantitative estimate of drug-likeness (QED) is 0.290. The fraction of sp³-hybridized carbons (Fsp3) is 0.516. The second-order valence-corrected chi connectivity index (χ2v) is 11.9. The van der Waals surface area contributed by atoms with E-state index in [0.717, 1.165) is 0 Å². The maximum Gasteiger partial charge on any atom is 0.338 e. The molecule has 0 aromatic heterocycles. The Bertz CT molecular complexity index is 1420. The van der Waals surface area contributed by atoms with Crippen LogP contribution in [-0.2, 0) is 33.2 Å². The highest BCUT2D eigenvalue weighted by Crippen LogP contribution is 2.74. The molecular weight excluding hydrogens is 580 g/mol. The van der Waals surface area contributed by atoms with Gasteiger partial charge in [0.2, 0.25) is 0 Å². The first kappa shape index (κ1) is 30.6. The van der Waals surface area contributed by atoms with Crippen molar-refractivity contribution in [3.8, 4) is 5.75 Å². The highest BCUT2D eigenvalue weighted by molar-refractivity contribution is 5.91. The Balaban J connectivity index is 1.25. The summed E-state index contributed by atoms with van der Waals surface area (Å²) in [6.07, 6.45) is -8.93. The number of carbonyl (C=O) groups is 3. The average Bonchev–Trinajstić information content (AvgIpc) is 3.09. The highest BCUT2D eigenvalue weighted by Gasteiger charge is 2.87. The summed E-state index contributed by atoms with van der Waals surface area (Å²) in [5.41, 5.74) is -3.61. The molecular formula is C31H34O13. The Kier molecular flexibility index (Phi) is 7.77. The topological polar surface area (TPSA) is 188 Å². The van der Waals surface area contributed by atoms with E-state index in [-0.39, 0.29) is 42.1 Å². The molecule has 2 aromatic carbocycles. The van der Waals surface area contributed by atoms with Crippen molar-refractivity contribution < 1.29 is 63.2 Å². The van der Waals surface area contributed by atoms with Crippen LogP contribution in [0.4, 0.5) is 0 Å². The van der Waals surface area contributed by atoms with E-state index in [1.165, 1.54) is 31.4 Å². The molecule has 7 rings (SSSR count). The van der Waals surface area contributed by atoms with Gasteiger partial charge in [0.1, 0.15) is 60.4 Å². The van der Waals surface area contributed by atoms with Crippen molar-refractivity contribution >= 4 is 17.7 Å². The first-order chi connectivity index (χ1) is 21.0. The number of hydrogen-bond acceptors (Lipinski definition) is 13. The number of ketones is 1. The predicted molar refractivity (Wildman–Crippen MR) is 146 cm³/mol. The SMILES string of the molecule is CO[C@H]1O[C@@]2(C)CC(=O)[C@@H]3C[C@@]2(O[C@@H]2O[C@H](COC(=O)c4ccccc4)[C@@H](O)[C@H](O)[C@H]2O)[C@]13COC(=O)c1ccc(O)cc1. The molecule has 2 saturated heterocycles. The lowest BCUT2D eigenvalue weighted by molar-refractivity contribution is -0.381. The minimum Gasteiger partial charge on any atom is -0.508 e. The number of phenols is 1. The molecule has 10 atom stereocenters. The van der Waals surface area contributed by atoms with Crippen LogP contribution < -0.4 is 0 Å². The Morgan fingerprint density at radius 1 is 0.932 bits per heavy atom. The molecule has 44 heavy (non-hydrogen) atoms. The lowest BCUT2D eigenvalue weighted by atomic mass is 9.41. The van der Waals surface area contributed by atoms with Crippen molar-refractivity contribution in [2.24, 2.45) is 11.3 Å². The van der Waals surface area contributed by atoms with Crippen LogP contribution in [0.2, 0.25) is 0 Å². The lowest BCUT2D eigenvalue weighted by Crippen LogP contribution is -2.80. The van der Waals surface area contributed by atoms with Crippen LogP contribution in [0.5, 0.6) is 5.75 Å². The molecule has 2 aromatic rings. The van der Waals surface area contributed by atoms with Gasteiger partial charge in [0.25, 0.3) is 0 Å². The van der Waals surface area contributed by atoms with E-state index in [1.54, 1.807) is 37.3 Å². The summed E-state index contributed by atoms with van der Waals surface area (Å²) in [6.45, 7) is 0.843. The largest absolute Gasteiger partial charge is 0.508 e. The third kappa shape index (κ3) is 4.53. The van der Waals surface area contributed by atoms with E-state index < -0.39 is 78.1 Å². The normalized spacial score (nSPS) is 38.9. The summed E-state index contributed by atoms with van der Waals surface area (Å²) in [4.78, 5) is 38.7. The number of aliphatic hydroxyl groups is 3. The second kappa shape index (κ2) is 11.2. The maximum absolute atomic E-state index is 13.3. The van der Waals surface area contributed by atoms with E-state index in [0.29, 0.717) is 0 Å². The van der Waals surface area contributed by atoms with Crippen LogP contribution >= 0.6 is 0 Å². The maximum atomic E-state index is 13.3. The molecule has 5 fully saturated rings. The molecule has 0 amide bonds. The number of benzene rings is 2. The fourth-order valence-electron chi connectivity index (χ4n) is 7.21. The molecule has 4 bridgehead atoms. The van der Waals surface area contributed by atoms with Gasteiger partial charge in [0.05, 0.1) is 16.5 Å². The smallest absolute Gasteiger partial charge is 0.338 e. The monoisotopic (exact) mass is 614 g/mol. The van der Waals surface area contributed by atoms with Gasteiger partial charge in [-0.15, -0.1) is 0 Å². The van der Waals surface area contributed by atoms with Crippen LogP contribution in [0.25, 0.3) is 0 Å². The third-order valence-corrected chi connectivity index (χ3v) is 9.54. The van der Waals surface area contributed by atoms with E-state index in [1.807, 2.05) is 0 Å². The minimum atomic E-state index is -1.74. The number of phenolic OH excluding ortho intramolecular Hbond substituents is 1. The van der Waals surface area contributed by atoms with Gasteiger partial charge in [-0.2, -0.15) is 0 Å². The standard InChI is InChI=1S/C31H34O13/c1-29-13-20(33)19-12-31(29,30(19,28(39-2)44-29)15-41-26(38)17-8-10-18(32)11-9-17)43-27-24(36)23(35)22(34)21(42-27)14-40-25(37)16-6-4-3-5-7-16/h3-11,19,21-24,27-28,32,34-36H,12-15H2,1-2H3/t19-,21+,22+,23-,24+,27-,28-,29-,30-,31-/m0/s1. The van der Waals surface area contributed by atoms with Gasteiger partial charge in [-0.3, -0.25) is 4.79 Å². The number of aromatic hydroxyl groups is 1. The molecule has 3 saturated carbocycles. The number of hydrogen-bond donors (Lipinski definition) is 4. The Hall–Kier alpha value is -3.43. The van der Waals surface area contributed by atoms with Crippen molar-refractivity contribution in [1.29, 1.82) is 0 Å². The zero-order valence-electron chi connectivity index (χ0n) is 24.0. The minimum absolute atomic E-state index is 0.0301. The van der Waals surface area contributed by atoms with Crippen molar-refractivity contribution in [2.75, 3.05) is 20.3 Å². The number of Topliss-reactive ketones (excluding diaryl/α,β-unsaturated/α-hetero) is 1. The van der Waals surface area contributed by atoms with Crippen LogP contribution in [0.15, 0.2) is 54.6 Å². The Labute approximate surface area is 252 Å². The molecule has 0 spiro atoms. The van der Waals surface area contributed by atoms with E-state index >= 15 is 0 Å². The number of esters is 2. The summed E-state index contributed by atoms with van der Waals surface area (Å²) in [5.74, 6) is -2.25. The number of methoxy groups -OCH3 is 1. The number of fused-ring (bicyclic) bond motifs is 1. The molecule has 13 nitrogen and oxygen atoms in total. The van der Waals surface area contributed by atoms with Gasteiger partial charge in [-0.05, 0) is 49.7 Å². The first-order valence-electron chi connectivity index (χ1n) is 14.3. The summed E-state index contributed by atoms with van der Waals surface area (Å²) < 4.78 is 35.4. The fourth-order valence-corrected chi connectivity index (χ4v) is 7.21. The van der Waals surface area contributed by atoms with Crippen LogP contribution in [-0.4, -0.2) is 107 Å². The number of ether oxygens (including phenoxy) is 6. The summed E-state index contributed by atoms with van der Waals surface area (Å²) in [5, 5.41) is 41.9. The highest BCUT2D eigenvalue weighted by atomic mass is 16.8. The molecule has 4 N–H and O–H groups in total. The third-order valence-electron chi connectivity index (χ3n) is 9.54. The molecule has 236 valence electrons. The number of rotatable bonds is 9. The Morgan fingerprint density at radius 3 is 2.27 bits per heavy atom. The summed E-state index contributed by atoms with van der Waals surface area (Å²) in [7, 11) is 1.39. The van der Waals surface area contributed by atoms with Crippen molar-refractivity contribution in [3.63, 3.8) is 0 Å². The van der Waals surface area contributed by atoms with Crippen LogP contribution in [0.3, 0.4) is 0 Å². The molecule has 0 unspecified atom stereocenters. The zero-order chi connectivity index (χ0) is 31.4. The Morgan fingerprint density at radius 2 is 1.59 bits per heavy atom. The average molecular weight is 615 g/mol. The first-order valence-corrected chi connectivity index (χ1v) is 14.3. The van der Waals surface area contributed by atoms with Crippen molar-refractivity contribution in [3.05, 3.63) is 65.7 Å². The van der Waals surface area contributed by atoms with E-state index in [9.17, 15) is 34.8 Å². The number of carbonyl (C=O) groups excluding carboxylic acids is 3. The molecule has 0 radical (unpaired) electrons. The van der Waals surface area contributed by atoms with Gasteiger partial charge >= 0.3 is 11.9 Å².